The maximum absolute atomic E-state index is 5.33. The Hall–Kier alpha value is 0.394. The fourth-order valence-electron chi connectivity index (χ4n) is 1.05. The Kier molecular flexibility index (Phi) is 14.7. The monoisotopic (exact) mass is 404 g/mol. The molecular weight excluding hydrogens is 368 g/mol. The first-order chi connectivity index (χ1) is 11.7. The van der Waals surface area contributed by atoms with E-state index in [0.29, 0.717) is 26.4 Å². The Morgan fingerprint density at radius 1 is 0.440 bits per heavy atom. The van der Waals surface area contributed by atoms with Crippen LogP contribution >= 0.6 is 0 Å². The van der Waals surface area contributed by atoms with Crippen LogP contribution in [-0.2, 0) is 51.6 Å². The number of hydrogen-bond donors (Lipinski definition) is 0. The first kappa shape index (κ1) is 25.4. The normalized spacial score (nSPS) is 13.0. The first-order valence-corrected chi connectivity index (χ1v) is 11.4. The van der Waals surface area contributed by atoms with Gasteiger partial charge in [0.2, 0.25) is 0 Å². The molecule has 0 aliphatic carbocycles. The third-order valence-corrected chi connectivity index (χ3v) is 4.26. The molecule has 0 rings (SSSR count). The summed E-state index contributed by atoms with van der Waals surface area (Å²) in [5.74, 6) is 1.02. The third-order valence-electron chi connectivity index (χ3n) is 2.25. The molecule has 0 aliphatic heterocycles. The van der Waals surface area contributed by atoms with Crippen molar-refractivity contribution in [1.82, 2.24) is 0 Å². The average molecular weight is 404 g/mol. The van der Waals surface area contributed by atoms with Crippen LogP contribution in [0.4, 0.5) is 0 Å². The summed E-state index contributed by atoms with van der Waals surface area (Å²) in [6.07, 6.45) is 0. The summed E-state index contributed by atoms with van der Waals surface area (Å²) in [6.45, 7) is 17.2. The topological polar surface area (TPSA) is 73.8 Å². The van der Waals surface area contributed by atoms with Crippen LogP contribution in [0.5, 0.6) is 0 Å². The molecule has 0 radical (unpaired) electrons. The molecule has 0 spiro atoms. The predicted octanol–water partition coefficient (Wildman–Crippen LogP) is 4.22. The minimum absolute atomic E-state index is 0.254. The van der Waals surface area contributed by atoms with Gasteiger partial charge in [-0.05, 0) is 0 Å². The van der Waals surface area contributed by atoms with Crippen LogP contribution in [-0.4, -0.2) is 26.4 Å². The van der Waals surface area contributed by atoms with Gasteiger partial charge in [0.05, 0.1) is 0 Å². The molecule has 0 unspecified atom stereocenters. The Bertz CT molecular complexity index is 251. The minimum atomic E-state index is -4.55. The van der Waals surface area contributed by atoms with Crippen molar-refractivity contribution in [2.24, 2.45) is 23.7 Å². The van der Waals surface area contributed by atoms with Crippen molar-refractivity contribution in [1.29, 1.82) is 0 Å². The molecule has 8 nitrogen and oxygen atoms in total. The molecule has 0 bridgehead atoms. The number of hydrogen-bond acceptors (Lipinski definition) is 8. The van der Waals surface area contributed by atoms with Crippen LogP contribution in [0.25, 0.3) is 0 Å². The standard InChI is InChI=1S/4C4H10O2.Ti/c4*1-4(2)3-6-5;/h4*4-5H,3H2,1-2H3;/q;;;;+4/p-4. The Morgan fingerprint density at radius 2 is 0.640 bits per heavy atom. The molecule has 25 heavy (non-hydrogen) atoms. The summed E-state index contributed by atoms with van der Waals surface area (Å²) in [4.78, 5) is 20.8. The summed E-state index contributed by atoms with van der Waals surface area (Å²) in [5, 5.41) is 0. The molecule has 0 heterocycles. The molecule has 0 amide bonds. The molecule has 0 aliphatic rings. The van der Waals surface area contributed by atoms with Gasteiger partial charge in [0.1, 0.15) is 0 Å². The van der Waals surface area contributed by atoms with Gasteiger partial charge in [-0.25, -0.2) is 0 Å². The first-order valence-electron chi connectivity index (χ1n) is 8.89. The van der Waals surface area contributed by atoms with E-state index in [9.17, 15) is 0 Å². The second-order valence-corrected chi connectivity index (χ2v) is 10.1. The molecule has 0 aromatic rings. The van der Waals surface area contributed by atoms with Gasteiger partial charge < -0.3 is 0 Å². The van der Waals surface area contributed by atoms with E-state index in [0.717, 1.165) is 0 Å². The van der Waals surface area contributed by atoms with E-state index < -0.39 is 18.1 Å². The second-order valence-electron chi connectivity index (χ2n) is 7.55. The van der Waals surface area contributed by atoms with Crippen LogP contribution < -0.4 is 0 Å². The van der Waals surface area contributed by atoms with Crippen molar-refractivity contribution in [2.45, 2.75) is 55.4 Å². The van der Waals surface area contributed by atoms with Gasteiger partial charge >= 0.3 is 157 Å². The van der Waals surface area contributed by atoms with E-state index >= 15 is 0 Å². The molecule has 152 valence electrons. The SMILES string of the molecule is CC(C)CO[O][Ti]([O]OCC(C)C)([O]OCC(C)C)[O]OCC(C)C. The quantitative estimate of drug-likeness (QED) is 0.215. The average Bonchev–Trinajstić information content (AvgIpc) is 2.45. The van der Waals surface area contributed by atoms with Gasteiger partial charge in [-0.2, -0.15) is 0 Å². The van der Waals surface area contributed by atoms with E-state index in [1.54, 1.807) is 0 Å². The van der Waals surface area contributed by atoms with Gasteiger partial charge in [0.25, 0.3) is 0 Å². The van der Waals surface area contributed by atoms with Crippen molar-refractivity contribution < 1.29 is 51.6 Å². The fraction of sp³-hybridized carbons (Fsp3) is 1.00. The maximum atomic E-state index is 5.33. The summed E-state index contributed by atoms with van der Waals surface area (Å²) in [5.41, 5.74) is 0. The van der Waals surface area contributed by atoms with Crippen LogP contribution in [0.1, 0.15) is 55.4 Å². The molecule has 0 atom stereocenters. The van der Waals surface area contributed by atoms with E-state index in [-0.39, 0.29) is 23.7 Å². The van der Waals surface area contributed by atoms with Gasteiger partial charge in [0, 0.05) is 0 Å². The van der Waals surface area contributed by atoms with Crippen LogP contribution in [0.2, 0.25) is 0 Å². The van der Waals surface area contributed by atoms with E-state index in [1.165, 1.54) is 0 Å². The van der Waals surface area contributed by atoms with E-state index in [1.807, 2.05) is 55.4 Å². The van der Waals surface area contributed by atoms with Crippen LogP contribution in [0.15, 0.2) is 0 Å². The van der Waals surface area contributed by atoms with Gasteiger partial charge in [-0.1, -0.05) is 0 Å². The molecule has 0 N–H and O–H groups in total. The van der Waals surface area contributed by atoms with Gasteiger partial charge in [-0.15, -0.1) is 0 Å². The van der Waals surface area contributed by atoms with E-state index in [2.05, 4.69) is 0 Å². The zero-order valence-corrected chi connectivity index (χ0v) is 18.5. The number of rotatable bonds is 16. The van der Waals surface area contributed by atoms with Crippen molar-refractivity contribution in [3.8, 4) is 0 Å². The van der Waals surface area contributed by atoms with Crippen molar-refractivity contribution in [3.05, 3.63) is 0 Å². The molecule has 0 saturated carbocycles. The van der Waals surface area contributed by atoms with Crippen molar-refractivity contribution in [2.75, 3.05) is 26.4 Å². The zero-order chi connectivity index (χ0) is 19.3. The van der Waals surface area contributed by atoms with Gasteiger partial charge in [0.15, 0.2) is 0 Å². The molecule has 9 heteroatoms. The Labute approximate surface area is 157 Å². The fourth-order valence-corrected chi connectivity index (χ4v) is 2.64. The zero-order valence-electron chi connectivity index (χ0n) is 16.9. The molecule has 0 aromatic carbocycles. The van der Waals surface area contributed by atoms with Crippen molar-refractivity contribution in [3.63, 3.8) is 0 Å². The summed E-state index contributed by atoms with van der Waals surface area (Å²) in [6, 6.07) is 0. The molecule has 0 saturated heterocycles. The van der Waals surface area contributed by atoms with E-state index in [4.69, 9.17) is 33.4 Å². The van der Waals surface area contributed by atoms with Crippen LogP contribution in [0, 0.1) is 23.7 Å². The summed E-state index contributed by atoms with van der Waals surface area (Å²) in [7, 11) is 0. The Morgan fingerprint density at radius 3 is 0.800 bits per heavy atom. The van der Waals surface area contributed by atoms with Crippen molar-refractivity contribution >= 4 is 0 Å². The molecule has 0 aromatic heterocycles. The predicted molar refractivity (Wildman–Crippen MR) is 87.5 cm³/mol. The third kappa shape index (κ3) is 15.2. The molecule has 0 fully saturated rings. The summed E-state index contributed by atoms with van der Waals surface area (Å²) < 4.78 is 21.3. The Balaban J connectivity index is 4.85. The summed E-state index contributed by atoms with van der Waals surface area (Å²) >= 11 is -4.55. The van der Waals surface area contributed by atoms with Crippen LogP contribution in [0.3, 0.4) is 0 Å². The second kappa shape index (κ2) is 14.5. The molecular formula is C16H36O8Ti. The van der Waals surface area contributed by atoms with Gasteiger partial charge in [-0.3, -0.25) is 0 Å².